The highest BCUT2D eigenvalue weighted by molar-refractivity contribution is 5.67. The molecule has 1 atom stereocenters. The minimum atomic E-state index is -0.619. The molecule has 0 radical (unpaired) electrons. The number of methoxy groups -OCH3 is 1. The van der Waals surface area contributed by atoms with Crippen molar-refractivity contribution in [3.05, 3.63) is 0 Å². The average molecular weight is 175 g/mol. The standard InChI is InChI=1S/C7H13NO4/c1-7(2)11-4-5(12-7)8-6(9)10-3/h5H,4H2,1-3H3,(H,8,9). The van der Waals surface area contributed by atoms with E-state index in [-0.39, 0.29) is 0 Å². The third kappa shape index (κ3) is 2.35. The van der Waals surface area contributed by atoms with Crippen LogP contribution >= 0.6 is 0 Å². The first kappa shape index (κ1) is 9.28. The van der Waals surface area contributed by atoms with Crippen LogP contribution in [-0.4, -0.2) is 31.8 Å². The number of hydrogen-bond donors (Lipinski definition) is 1. The van der Waals surface area contributed by atoms with Gasteiger partial charge >= 0.3 is 6.09 Å². The zero-order chi connectivity index (χ0) is 9.19. The fraction of sp³-hybridized carbons (Fsp3) is 0.857. The Hall–Kier alpha value is -0.810. The molecular formula is C7H13NO4. The van der Waals surface area contributed by atoms with E-state index < -0.39 is 18.1 Å². The molecule has 1 N–H and O–H groups in total. The van der Waals surface area contributed by atoms with Gasteiger partial charge in [-0.1, -0.05) is 0 Å². The number of hydrogen-bond acceptors (Lipinski definition) is 4. The highest BCUT2D eigenvalue weighted by Gasteiger charge is 2.33. The van der Waals surface area contributed by atoms with Crippen molar-refractivity contribution in [2.45, 2.75) is 25.9 Å². The smallest absolute Gasteiger partial charge is 0.408 e. The Labute approximate surface area is 71.0 Å². The lowest BCUT2D eigenvalue weighted by molar-refractivity contribution is -0.140. The number of amides is 1. The number of carbonyl (C=O) groups excluding carboxylic acids is 1. The summed E-state index contributed by atoms with van der Waals surface area (Å²) in [6.07, 6.45) is -0.922. The molecule has 12 heavy (non-hydrogen) atoms. The van der Waals surface area contributed by atoms with Gasteiger partial charge in [0, 0.05) is 0 Å². The first-order valence-electron chi connectivity index (χ1n) is 3.70. The monoisotopic (exact) mass is 175 g/mol. The number of alkyl carbamates (subject to hydrolysis) is 1. The van der Waals surface area contributed by atoms with Gasteiger partial charge in [0.05, 0.1) is 13.7 Å². The van der Waals surface area contributed by atoms with E-state index in [0.29, 0.717) is 6.61 Å². The molecule has 5 nitrogen and oxygen atoms in total. The van der Waals surface area contributed by atoms with E-state index in [1.807, 2.05) is 0 Å². The summed E-state index contributed by atoms with van der Waals surface area (Å²) < 4.78 is 14.9. The van der Waals surface area contributed by atoms with Gasteiger partial charge in [-0.15, -0.1) is 0 Å². The third-order valence-electron chi connectivity index (χ3n) is 1.47. The lowest BCUT2D eigenvalue weighted by atomic mass is 10.4. The number of nitrogens with one attached hydrogen (secondary N) is 1. The first-order valence-corrected chi connectivity index (χ1v) is 3.70. The summed E-state index contributed by atoms with van der Waals surface area (Å²) in [6.45, 7) is 3.92. The van der Waals surface area contributed by atoms with Crippen molar-refractivity contribution >= 4 is 6.09 Å². The number of carbonyl (C=O) groups is 1. The molecule has 0 bridgehead atoms. The minimum Gasteiger partial charge on any atom is -0.453 e. The summed E-state index contributed by atoms with van der Waals surface area (Å²) in [4.78, 5) is 10.7. The van der Waals surface area contributed by atoms with E-state index in [4.69, 9.17) is 9.47 Å². The Morgan fingerprint density at radius 3 is 2.75 bits per heavy atom. The van der Waals surface area contributed by atoms with Crippen LogP contribution in [0.25, 0.3) is 0 Å². The maximum Gasteiger partial charge on any atom is 0.408 e. The van der Waals surface area contributed by atoms with Gasteiger partial charge in [0.15, 0.2) is 12.0 Å². The molecule has 1 saturated heterocycles. The summed E-state index contributed by atoms with van der Waals surface area (Å²) in [5.41, 5.74) is 0. The topological polar surface area (TPSA) is 56.8 Å². The van der Waals surface area contributed by atoms with Crippen molar-refractivity contribution < 1.29 is 19.0 Å². The van der Waals surface area contributed by atoms with Gasteiger partial charge in [-0.3, -0.25) is 5.32 Å². The van der Waals surface area contributed by atoms with E-state index in [1.165, 1.54) is 7.11 Å². The minimum absolute atomic E-state index is 0.349. The molecule has 1 rings (SSSR count). The van der Waals surface area contributed by atoms with E-state index in [0.717, 1.165) is 0 Å². The molecule has 1 heterocycles. The summed E-state index contributed by atoms with van der Waals surface area (Å²) in [6, 6.07) is 0. The molecule has 0 spiro atoms. The number of rotatable bonds is 1. The Kier molecular flexibility index (Phi) is 2.54. The van der Waals surface area contributed by atoms with Crippen molar-refractivity contribution in [2.75, 3.05) is 13.7 Å². The molecule has 1 fully saturated rings. The third-order valence-corrected chi connectivity index (χ3v) is 1.47. The lowest BCUT2D eigenvalue weighted by Crippen LogP contribution is -2.37. The van der Waals surface area contributed by atoms with E-state index in [1.54, 1.807) is 13.8 Å². The molecular weight excluding hydrogens is 162 g/mol. The van der Waals surface area contributed by atoms with E-state index >= 15 is 0 Å². The van der Waals surface area contributed by atoms with Crippen LogP contribution in [0.15, 0.2) is 0 Å². The predicted octanol–water partition coefficient (Wildman–Crippen LogP) is 0.451. The molecule has 1 unspecified atom stereocenters. The summed E-state index contributed by atoms with van der Waals surface area (Å²) in [5, 5.41) is 2.48. The van der Waals surface area contributed by atoms with Crippen LogP contribution in [0.2, 0.25) is 0 Å². The molecule has 0 aliphatic carbocycles. The van der Waals surface area contributed by atoms with Crippen molar-refractivity contribution in [3.8, 4) is 0 Å². The van der Waals surface area contributed by atoms with Crippen LogP contribution < -0.4 is 5.32 Å². The molecule has 1 aliphatic rings. The second-order valence-electron chi connectivity index (χ2n) is 2.95. The summed E-state index contributed by atoms with van der Waals surface area (Å²) in [7, 11) is 1.30. The van der Waals surface area contributed by atoms with Crippen LogP contribution in [0, 0.1) is 0 Å². The Morgan fingerprint density at radius 2 is 2.33 bits per heavy atom. The second-order valence-corrected chi connectivity index (χ2v) is 2.95. The molecule has 0 saturated carbocycles. The lowest BCUT2D eigenvalue weighted by Gasteiger charge is -2.16. The Balaban J connectivity index is 2.33. The largest absolute Gasteiger partial charge is 0.453 e. The maximum absolute atomic E-state index is 10.7. The molecule has 0 aromatic rings. The van der Waals surface area contributed by atoms with Crippen LogP contribution in [0.5, 0.6) is 0 Å². The average Bonchev–Trinajstić information content (AvgIpc) is 2.30. The van der Waals surface area contributed by atoms with Crippen LogP contribution in [0.3, 0.4) is 0 Å². The molecule has 0 aromatic carbocycles. The molecule has 5 heteroatoms. The molecule has 1 amide bonds. The van der Waals surface area contributed by atoms with Crippen molar-refractivity contribution in [1.29, 1.82) is 0 Å². The van der Waals surface area contributed by atoms with E-state index in [2.05, 4.69) is 10.1 Å². The van der Waals surface area contributed by atoms with Gasteiger partial charge in [0.25, 0.3) is 0 Å². The van der Waals surface area contributed by atoms with Crippen molar-refractivity contribution in [2.24, 2.45) is 0 Å². The zero-order valence-electron chi connectivity index (χ0n) is 7.42. The van der Waals surface area contributed by atoms with Crippen molar-refractivity contribution in [3.63, 3.8) is 0 Å². The fourth-order valence-electron chi connectivity index (χ4n) is 0.949. The Bertz CT molecular complexity index is 180. The normalized spacial score (nSPS) is 26.8. The van der Waals surface area contributed by atoms with Gasteiger partial charge < -0.3 is 14.2 Å². The number of ether oxygens (including phenoxy) is 3. The molecule has 70 valence electrons. The second kappa shape index (κ2) is 3.28. The molecule has 1 aliphatic heterocycles. The van der Waals surface area contributed by atoms with Gasteiger partial charge in [0.1, 0.15) is 0 Å². The zero-order valence-corrected chi connectivity index (χ0v) is 7.42. The predicted molar refractivity (Wildman–Crippen MR) is 40.4 cm³/mol. The van der Waals surface area contributed by atoms with Gasteiger partial charge in [0.2, 0.25) is 0 Å². The highest BCUT2D eigenvalue weighted by atomic mass is 16.8. The maximum atomic E-state index is 10.7. The molecule has 0 aromatic heterocycles. The first-order chi connectivity index (χ1) is 5.53. The fourth-order valence-corrected chi connectivity index (χ4v) is 0.949. The van der Waals surface area contributed by atoms with Crippen LogP contribution in [0.4, 0.5) is 4.79 Å². The highest BCUT2D eigenvalue weighted by Crippen LogP contribution is 2.20. The van der Waals surface area contributed by atoms with Crippen LogP contribution in [-0.2, 0) is 14.2 Å². The summed E-state index contributed by atoms with van der Waals surface area (Å²) >= 11 is 0. The SMILES string of the molecule is COC(=O)NC1COC(C)(C)O1. The van der Waals surface area contributed by atoms with Gasteiger partial charge in [-0.2, -0.15) is 0 Å². The Morgan fingerprint density at radius 1 is 1.67 bits per heavy atom. The quantitative estimate of drug-likeness (QED) is 0.628. The van der Waals surface area contributed by atoms with Crippen molar-refractivity contribution in [1.82, 2.24) is 5.32 Å². The van der Waals surface area contributed by atoms with Gasteiger partial charge in [-0.25, -0.2) is 4.79 Å². The van der Waals surface area contributed by atoms with E-state index in [9.17, 15) is 4.79 Å². The van der Waals surface area contributed by atoms with Gasteiger partial charge in [-0.05, 0) is 13.8 Å². The van der Waals surface area contributed by atoms with Crippen LogP contribution in [0.1, 0.15) is 13.8 Å². The summed E-state index contributed by atoms with van der Waals surface area (Å²) in [5.74, 6) is -0.619.